The van der Waals surface area contributed by atoms with E-state index in [1.165, 1.54) is 4.80 Å². The molecule has 1 aromatic carbocycles. The maximum absolute atomic E-state index is 10.7. The Balaban J connectivity index is 1.40. The van der Waals surface area contributed by atoms with Crippen molar-refractivity contribution < 1.29 is 5.11 Å². The number of hydrogen-bond donors (Lipinski definition) is 1. The smallest absolute Gasteiger partial charge is 0.204 e. The molecule has 10 heteroatoms. The molecule has 1 N–H and O–H groups in total. The summed E-state index contributed by atoms with van der Waals surface area (Å²) in [6.45, 7) is 0. The minimum absolute atomic E-state index is 0.223. The second kappa shape index (κ2) is 7.34. The normalized spacial score (nSPS) is 14.8. The lowest BCUT2D eigenvalue weighted by molar-refractivity contribution is 0.164. The SMILES string of the molecule is OC(Cc1nnc(-c2ccncc2)n1C1CC1)c1nnn(-c2cccc(Cl)c2)n1. The van der Waals surface area contributed by atoms with E-state index in [2.05, 4.69) is 35.2 Å². The summed E-state index contributed by atoms with van der Waals surface area (Å²) in [5.74, 6) is 1.71. The van der Waals surface area contributed by atoms with Gasteiger partial charge >= 0.3 is 0 Å². The van der Waals surface area contributed by atoms with Crippen molar-refractivity contribution in [2.45, 2.75) is 31.4 Å². The fourth-order valence-electron chi connectivity index (χ4n) is 3.21. The highest BCUT2D eigenvalue weighted by atomic mass is 35.5. The van der Waals surface area contributed by atoms with E-state index in [9.17, 15) is 5.11 Å². The molecule has 0 saturated heterocycles. The Hall–Kier alpha value is -3.17. The highest BCUT2D eigenvalue weighted by molar-refractivity contribution is 6.30. The van der Waals surface area contributed by atoms with Gasteiger partial charge in [-0.1, -0.05) is 17.7 Å². The van der Waals surface area contributed by atoms with Gasteiger partial charge in [-0.05, 0) is 48.4 Å². The van der Waals surface area contributed by atoms with Crippen LogP contribution in [0.2, 0.25) is 5.02 Å². The molecular formula is C19H17ClN8O. The number of aliphatic hydroxyl groups is 1. The Morgan fingerprint density at radius 2 is 1.93 bits per heavy atom. The minimum Gasteiger partial charge on any atom is -0.384 e. The van der Waals surface area contributed by atoms with Crippen LogP contribution in [0.25, 0.3) is 17.1 Å². The van der Waals surface area contributed by atoms with Crippen molar-refractivity contribution in [3.63, 3.8) is 0 Å². The number of pyridine rings is 1. The Kier molecular flexibility index (Phi) is 4.53. The molecule has 0 amide bonds. The largest absolute Gasteiger partial charge is 0.384 e. The van der Waals surface area contributed by atoms with Crippen molar-refractivity contribution in [2.24, 2.45) is 0 Å². The Labute approximate surface area is 171 Å². The standard InChI is InChI=1S/C19H17ClN8O/c20-13-2-1-3-15(10-13)28-25-18(23-26-28)16(29)11-17-22-24-19(27(17)14-4-5-14)12-6-8-21-9-7-12/h1-3,6-10,14,16,29H,4-5,11H2. The zero-order valence-electron chi connectivity index (χ0n) is 15.3. The van der Waals surface area contributed by atoms with Crippen LogP contribution >= 0.6 is 11.6 Å². The lowest BCUT2D eigenvalue weighted by Gasteiger charge is -2.10. The number of benzene rings is 1. The molecule has 29 heavy (non-hydrogen) atoms. The van der Waals surface area contributed by atoms with Gasteiger partial charge in [0.1, 0.15) is 11.9 Å². The summed E-state index contributed by atoms with van der Waals surface area (Å²) in [7, 11) is 0. The number of rotatable bonds is 6. The quantitative estimate of drug-likeness (QED) is 0.522. The van der Waals surface area contributed by atoms with Crippen LogP contribution in [0.15, 0.2) is 48.8 Å². The summed E-state index contributed by atoms with van der Waals surface area (Å²) < 4.78 is 2.10. The second-order valence-corrected chi connectivity index (χ2v) is 7.35. The molecule has 1 saturated carbocycles. The maximum Gasteiger partial charge on any atom is 0.204 e. The highest BCUT2D eigenvalue weighted by Crippen LogP contribution is 2.39. The Morgan fingerprint density at radius 3 is 2.69 bits per heavy atom. The van der Waals surface area contributed by atoms with Crippen molar-refractivity contribution in [3.8, 4) is 17.1 Å². The van der Waals surface area contributed by atoms with Crippen molar-refractivity contribution in [1.29, 1.82) is 0 Å². The van der Waals surface area contributed by atoms with E-state index in [0.717, 1.165) is 24.2 Å². The van der Waals surface area contributed by atoms with Crippen LogP contribution in [-0.4, -0.2) is 45.1 Å². The zero-order valence-corrected chi connectivity index (χ0v) is 16.1. The number of halogens is 1. The summed E-state index contributed by atoms with van der Waals surface area (Å²) >= 11 is 6.02. The summed E-state index contributed by atoms with van der Waals surface area (Å²) in [6.07, 6.45) is 4.90. The summed E-state index contributed by atoms with van der Waals surface area (Å²) in [5, 5.41) is 32.3. The molecule has 1 fully saturated rings. The van der Waals surface area contributed by atoms with E-state index in [1.807, 2.05) is 18.2 Å². The van der Waals surface area contributed by atoms with E-state index in [0.29, 0.717) is 22.6 Å². The van der Waals surface area contributed by atoms with Crippen molar-refractivity contribution in [3.05, 3.63) is 65.5 Å². The van der Waals surface area contributed by atoms with Gasteiger partial charge in [-0.15, -0.1) is 25.2 Å². The first-order valence-electron chi connectivity index (χ1n) is 9.27. The van der Waals surface area contributed by atoms with Gasteiger partial charge in [-0.3, -0.25) is 4.98 Å². The van der Waals surface area contributed by atoms with Crippen molar-refractivity contribution >= 4 is 11.6 Å². The van der Waals surface area contributed by atoms with Gasteiger partial charge in [-0.2, -0.15) is 0 Å². The summed E-state index contributed by atoms with van der Waals surface area (Å²) in [6, 6.07) is 11.3. The van der Waals surface area contributed by atoms with Gasteiger partial charge in [0, 0.05) is 35.4 Å². The molecule has 0 aliphatic heterocycles. The monoisotopic (exact) mass is 408 g/mol. The van der Waals surface area contributed by atoms with Crippen molar-refractivity contribution in [2.75, 3.05) is 0 Å². The molecule has 1 aliphatic carbocycles. The van der Waals surface area contributed by atoms with E-state index >= 15 is 0 Å². The third-order valence-electron chi connectivity index (χ3n) is 4.76. The third-order valence-corrected chi connectivity index (χ3v) is 4.99. The Bertz CT molecular complexity index is 1140. The topological polar surface area (TPSA) is 107 Å². The van der Waals surface area contributed by atoms with Gasteiger partial charge in [0.05, 0.1) is 5.69 Å². The van der Waals surface area contributed by atoms with Gasteiger partial charge in [0.25, 0.3) is 0 Å². The summed E-state index contributed by atoms with van der Waals surface area (Å²) in [4.78, 5) is 5.40. The van der Waals surface area contributed by atoms with Crippen molar-refractivity contribution in [1.82, 2.24) is 40.0 Å². The molecule has 0 bridgehead atoms. The van der Waals surface area contributed by atoms with E-state index in [-0.39, 0.29) is 12.2 Å². The molecule has 0 spiro atoms. The molecule has 3 aromatic heterocycles. The van der Waals surface area contributed by atoms with Crippen LogP contribution in [0.1, 0.15) is 36.6 Å². The van der Waals surface area contributed by atoms with E-state index < -0.39 is 6.10 Å². The molecule has 1 unspecified atom stereocenters. The third kappa shape index (κ3) is 3.62. The predicted molar refractivity (Wildman–Crippen MR) is 104 cm³/mol. The lowest BCUT2D eigenvalue weighted by atomic mass is 10.2. The highest BCUT2D eigenvalue weighted by Gasteiger charge is 2.31. The maximum atomic E-state index is 10.7. The van der Waals surface area contributed by atoms with Gasteiger partial charge in [0.15, 0.2) is 5.82 Å². The lowest BCUT2D eigenvalue weighted by Crippen LogP contribution is -2.11. The average molecular weight is 409 g/mol. The Morgan fingerprint density at radius 1 is 1.10 bits per heavy atom. The zero-order chi connectivity index (χ0) is 19.8. The molecule has 1 atom stereocenters. The van der Waals surface area contributed by atoms with Crippen LogP contribution < -0.4 is 0 Å². The predicted octanol–water partition coefficient (Wildman–Crippen LogP) is 2.58. The molecule has 3 heterocycles. The second-order valence-electron chi connectivity index (χ2n) is 6.91. The number of nitrogens with zero attached hydrogens (tertiary/aromatic N) is 8. The van der Waals surface area contributed by atoms with Crippen LogP contribution in [0, 0.1) is 0 Å². The van der Waals surface area contributed by atoms with Crippen LogP contribution in [0.3, 0.4) is 0 Å². The number of hydrogen-bond acceptors (Lipinski definition) is 7. The van der Waals surface area contributed by atoms with Gasteiger partial charge < -0.3 is 9.67 Å². The van der Waals surface area contributed by atoms with Crippen LogP contribution in [-0.2, 0) is 6.42 Å². The van der Waals surface area contributed by atoms with Gasteiger partial charge in [0.2, 0.25) is 5.82 Å². The number of aromatic nitrogens is 8. The average Bonchev–Trinajstić information content (AvgIpc) is 3.29. The first kappa shape index (κ1) is 17.9. The molecule has 5 rings (SSSR count). The number of aliphatic hydroxyl groups excluding tert-OH is 1. The first-order valence-corrected chi connectivity index (χ1v) is 9.65. The van der Waals surface area contributed by atoms with E-state index in [4.69, 9.17) is 11.6 Å². The first-order chi connectivity index (χ1) is 14.2. The molecule has 1 aliphatic rings. The fourth-order valence-corrected chi connectivity index (χ4v) is 3.39. The molecule has 4 aromatic rings. The molecule has 9 nitrogen and oxygen atoms in total. The van der Waals surface area contributed by atoms with E-state index in [1.54, 1.807) is 30.6 Å². The minimum atomic E-state index is -0.949. The molecule has 146 valence electrons. The van der Waals surface area contributed by atoms with Crippen LogP contribution in [0.5, 0.6) is 0 Å². The molecular weight excluding hydrogens is 392 g/mol. The van der Waals surface area contributed by atoms with Gasteiger partial charge in [-0.25, -0.2) is 0 Å². The molecule has 0 radical (unpaired) electrons. The fraction of sp³-hybridized carbons (Fsp3) is 0.263. The number of tetrazole rings is 1. The summed E-state index contributed by atoms with van der Waals surface area (Å²) in [5.41, 5.74) is 1.62. The van der Waals surface area contributed by atoms with Crippen LogP contribution in [0.4, 0.5) is 0 Å².